The molecule has 2 amide bonds. The molecule has 0 aromatic heterocycles. The second kappa shape index (κ2) is 8.56. The number of aliphatic carboxylic acids is 1. The number of hydrogen-bond acceptors (Lipinski definition) is 3. The first-order chi connectivity index (χ1) is 9.16. The Morgan fingerprint density at radius 1 is 1.40 bits per heavy atom. The Kier molecular flexibility index (Phi) is 7.89. The summed E-state index contributed by atoms with van der Waals surface area (Å²) in [6.07, 6.45) is -4.04. The maximum atomic E-state index is 12.4. The van der Waals surface area contributed by atoms with Gasteiger partial charge in [0.25, 0.3) is 0 Å². The second-order valence-corrected chi connectivity index (χ2v) is 3.91. The zero-order valence-electron chi connectivity index (χ0n) is 10.7. The van der Waals surface area contributed by atoms with Crippen LogP contribution in [0, 0.1) is 0 Å². The third-order valence-electron chi connectivity index (χ3n) is 2.14. The summed E-state index contributed by atoms with van der Waals surface area (Å²) in [5.74, 6) is -5.29. The van der Waals surface area contributed by atoms with Crippen molar-refractivity contribution in [2.75, 3.05) is 33.4 Å². The van der Waals surface area contributed by atoms with Gasteiger partial charge < -0.3 is 20.1 Å². The molecule has 0 unspecified atom stereocenters. The van der Waals surface area contributed by atoms with Crippen LogP contribution < -0.4 is 5.32 Å². The van der Waals surface area contributed by atoms with Gasteiger partial charge in [-0.15, -0.1) is 0 Å². The van der Waals surface area contributed by atoms with Gasteiger partial charge in [0.2, 0.25) is 0 Å². The molecule has 0 aliphatic carbocycles. The van der Waals surface area contributed by atoms with E-state index in [1.165, 1.54) is 7.05 Å². The highest BCUT2D eigenvalue weighted by atomic mass is 19.3. The Hall–Kier alpha value is -1.58. The monoisotopic (exact) mass is 304 g/mol. The minimum absolute atomic E-state index is 0.0223. The van der Waals surface area contributed by atoms with Crippen molar-refractivity contribution in [3.8, 4) is 0 Å². The highest BCUT2D eigenvalue weighted by Gasteiger charge is 2.40. The third-order valence-corrected chi connectivity index (χ3v) is 2.14. The summed E-state index contributed by atoms with van der Waals surface area (Å²) >= 11 is 0. The van der Waals surface area contributed by atoms with Crippen LogP contribution in [0.15, 0.2) is 0 Å². The van der Waals surface area contributed by atoms with Crippen molar-refractivity contribution in [3.63, 3.8) is 0 Å². The van der Waals surface area contributed by atoms with Crippen LogP contribution in [0.5, 0.6) is 0 Å². The zero-order chi connectivity index (χ0) is 15.8. The largest absolute Gasteiger partial charge is 0.481 e. The van der Waals surface area contributed by atoms with Crippen molar-refractivity contribution in [3.05, 3.63) is 0 Å². The van der Waals surface area contributed by atoms with Crippen LogP contribution in [0.3, 0.4) is 0 Å². The Labute approximate surface area is 112 Å². The summed E-state index contributed by atoms with van der Waals surface area (Å²) in [5.41, 5.74) is 0. The van der Waals surface area contributed by atoms with Crippen molar-refractivity contribution >= 4 is 12.0 Å². The molecule has 10 heteroatoms. The van der Waals surface area contributed by atoms with E-state index >= 15 is 0 Å². The van der Waals surface area contributed by atoms with Crippen molar-refractivity contribution in [2.24, 2.45) is 0 Å². The van der Waals surface area contributed by atoms with E-state index in [-0.39, 0.29) is 26.1 Å². The lowest BCUT2D eigenvalue weighted by Gasteiger charge is -2.18. The first-order valence-electron chi connectivity index (χ1n) is 5.61. The van der Waals surface area contributed by atoms with Crippen LogP contribution in [0.25, 0.3) is 0 Å². The van der Waals surface area contributed by atoms with E-state index in [4.69, 9.17) is 5.11 Å². The number of ether oxygens (including phenoxy) is 1. The van der Waals surface area contributed by atoms with Gasteiger partial charge in [-0.25, -0.2) is 13.6 Å². The van der Waals surface area contributed by atoms with E-state index in [0.717, 1.165) is 4.90 Å². The van der Waals surface area contributed by atoms with E-state index in [1.807, 2.05) is 0 Å². The molecule has 0 atom stereocenters. The maximum absolute atomic E-state index is 12.4. The number of halogens is 4. The van der Waals surface area contributed by atoms with E-state index in [0.29, 0.717) is 0 Å². The minimum atomic E-state index is -4.22. The molecular weight excluding hydrogens is 288 g/mol. The highest BCUT2D eigenvalue weighted by Crippen LogP contribution is 2.22. The van der Waals surface area contributed by atoms with Gasteiger partial charge >= 0.3 is 24.3 Å². The van der Waals surface area contributed by atoms with Gasteiger partial charge in [0.05, 0.1) is 13.0 Å². The smallest absolute Gasteiger partial charge is 0.330 e. The second-order valence-electron chi connectivity index (χ2n) is 3.91. The molecule has 0 radical (unpaired) electrons. The molecule has 118 valence electrons. The molecule has 0 fully saturated rings. The highest BCUT2D eigenvalue weighted by molar-refractivity contribution is 5.74. The Morgan fingerprint density at radius 2 is 2.00 bits per heavy atom. The number of carbonyl (C=O) groups excluding carboxylic acids is 1. The predicted molar refractivity (Wildman–Crippen MR) is 60.1 cm³/mol. The molecule has 0 rings (SSSR count). The third kappa shape index (κ3) is 7.77. The van der Waals surface area contributed by atoms with Crippen molar-refractivity contribution < 1.29 is 37.0 Å². The SMILES string of the molecule is CN(CCC(=O)O)C(=O)NCCOCC(F)(F)C(F)F. The fraction of sp³-hybridized carbons (Fsp3) is 0.800. The number of rotatable bonds is 9. The Morgan fingerprint density at radius 3 is 2.50 bits per heavy atom. The summed E-state index contributed by atoms with van der Waals surface area (Å²) in [4.78, 5) is 22.7. The van der Waals surface area contributed by atoms with Gasteiger partial charge in [-0.3, -0.25) is 4.79 Å². The van der Waals surface area contributed by atoms with Crippen LogP contribution in [-0.4, -0.2) is 67.7 Å². The van der Waals surface area contributed by atoms with Crippen molar-refractivity contribution in [2.45, 2.75) is 18.8 Å². The standard InChI is InChI=1S/C10H16F4N2O4/c1-16(4-2-7(17)18)9(19)15-3-5-20-6-10(13,14)8(11)12/h8H,2-6H2,1H3,(H,15,19)(H,17,18). The lowest BCUT2D eigenvalue weighted by molar-refractivity contribution is -0.165. The predicted octanol–water partition coefficient (Wildman–Crippen LogP) is 1.02. The molecule has 0 heterocycles. The Bertz CT molecular complexity index is 328. The summed E-state index contributed by atoms with van der Waals surface area (Å²) in [7, 11) is 1.35. The van der Waals surface area contributed by atoms with Gasteiger partial charge in [-0.2, -0.15) is 8.78 Å². The number of carboxylic acid groups (broad SMARTS) is 1. The van der Waals surface area contributed by atoms with Gasteiger partial charge in [0.15, 0.2) is 0 Å². The van der Waals surface area contributed by atoms with Crippen molar-refractivity contribution in [1.82, 2.24) is 10.2 Å². The molecule has 0 aliphatic rings. The fourth-order valence-electron chi connectivity index (χ4n) is 1.00. The summed E-state index contributed by atoms with van der Waals surface area (Å²) < 4.78 is 52.7. The number of nitrogens with zero attached hydrogens (tertiary/aromatic N) is 1. The van der Waals surface area contributed by atoms with Crippen LogP contribution in [-0.2, 0) is 9.53 Å². The summed E-state index contributed by atoms with van der Waals surface area (Å²) in [6, 6.07) is -0.615. The average molecular weight is 304 g/mol. The number of carboxylic acids is 1. The molecule has 0 saturated heterocycles. The fourth-order valence-corrected chi connectivity index (χ4v) is 1.00. The van der Waals surface area contributed by atoms with Crippen LogP contribution in [0.1, 0.15) is 6.42 Å². The number of hydrogen-bond donors (Lipinski definition) is 2. The maximum Gasteiger partial charge on any atom is 0.330 e. The molecular formula is C10H16F4N2O4. The van der Waals surface area contributed by atoms with Crippen LogP contribution in [0.2, 0.25) is 0 Å². The average Bonchev–Trinajstić information content (AvgIpc) is 2.34. The van der Waals surface area contributed by atoms with Gasteiger partial charge in [0.1, 0.15) is 6.61 Å². The quantitative estimate of drug-likeness (QED) is 0.492. The normalized spacial score (nSPS) is 11.5. The lowest BCUT2D eigenvalue weighted by Crippen LogP contribution is -2.40. The van der Waals surface area contributed by atoms with Crippen LogP contribution in [0.4, 0.5) is 22.4 Å². The molecule has 6 nitrogen and oxygen atoms in total. The number of alkyl halides is 4. The number of urea groups is 1. The number of carbonyl (C=O) groups is 2. The van der Waals surface area contributed by atoms with Crippen molar-refractivity contribution in [1.29, 1.82) is 0 Å². The molecule has 20 heavy (non-hydrogen) atoms. The first-order valence-corrected chi connectivity index (χ1v) is 5.61. The van der Waals surface area contributed by atoms with E-state index < -0.39 is 31.0 Å². The van der Waals surface area contributed by atoms with E-state index in [2.05, 4.69) is 10.1 Å². The Balaban J connectivity index is 3.74. The molecule has 0 bridgehead atoms. The first kappa shape index (κ1) is 18.4. The topological polar surface area (TPSA) is 78.9 Å². The van der Waals surface area contributed by atoms with Crippen LogP contribution >= 0.6 is 0 Å². The summed E-state index contributed by atoms with van der Waals surface area (Å²) in [5, 5.41) is 10.7. The minimum Gasteiger partial charge on any atom is -0.481 e. The van der Waals surface area contributed by atoms with Gasteiger partial charge in [-0.05, 0) is 0 Å². The molecule has 0 spiro atoms. The molecule has 0 aromatic rings. The van der Waals surface area contributed by atoms with E-state index in [9.17, 15) is 27.2 Å². The number of amides is 2. The molecule has 0 aliphatic heterocycles. The van der Waals surface area contributed by atoms with Gasteiger partial charge in [-0.1, -0.05) is 0 Å². The summed E-state index contributed by atoms with van der Waals surface area (Å²) in [6.45, 7) is -1.97. The van der Waals surface area contributed by atoms with Gasteiger partial charge in [0, 0.05) is 20.1 Å². The zero-order valence-corrected chi connectivity index (χ0v) is 10.7. The molecule has 0 aromatic carbocycles. The number of nitrogens with one attached hydrogen (secondary N) is 1. The lowest BCUT2D eigenvalue weighted by atomic mass is 10.4. The molecule has 0 saturated carbocycles. The molecule has 2 N–H and O–H groups in total. The van der Waals surface area contributed by atoms with E-state index in [1.54, 1.807) is 0 Å².